The van der Waals surface area contributed by atoms with Crippen molar-refractivity contribution in [2.24, 2.45) is 5.73 Å². The minimum atomic E-state index is -4.37. The minimum Gasteiger partial charge on any atom is -0.394 e. The third kappa shape index (κ3) is 3.23. The topological polar surface area (TPSA) is 58.7 Å². The van der Waals surface area contributed by atoms with E-state index in [1.165, 1.54) is 6.07 Å². The summed E-state index contributed by atoms with van der Waals surface area (Å²) >= 11 is 0. The molecule has 1 heterocycles. The lowest BCUT2D eigenvalue weighted by molar-refractivity contribution is -0.137. The van der Waals surface area contributed by atoms with E-state index in [4.69, 9.17) is 15.6 Å². The lowest BCUT2D eigenvalue weighted by Crippen LogP contribution is -2.44. The molecule has 1 fully saturated rings. The molecule has 0 amide bonds. The molecule has 2 rings (SSSR count). The van der Waals surface area contributed by atoms with Crippen molar-refractivity contribution in [1.82, 2.24) is 0 Å². The zero-order chi connectivity index (χ0) is 14.8. The zero-order valence-electron chi connectivity index (χ0n) is 10.9. The monoisotopic (exact) mass is 290 g/mol. The number of hydrogen-bond donors (Lipinski definition) is 2. The molecule has 1 atom stereocenters. The fourth-order valence-corrected chi connectivity index (χ4v) is 2.28. The summed E-state index contributed by atoms with van der Waals surface area (Å²) in [5, 5.41) is 9.11. The Balaban J connectivity index is 2.27. The molecule has 4 nitrogen and oxygen atoms in total. The Hall–Kier alpha value is -1.31. The molecule has 3 N–H and O–H groups in total. The fraction of sp³-hybridized carbons (Fsp3) is 0.538. The second-order valence-electron chi connectivity index (χ2n) is 4.67. The van der Waals surface area contributed by atoms with Gasteiger partial charge in [0.2, 0.25) is 0 Å². The molecule has 1 aromatic carbocycles. The van der Waals surface area contributed by atoms with Gasteiger partial charge in [0.15, 0.2) is 0 Å². The largest absolute Gasteiger partial charge is 0.416 e. The van der Waals surface area contributed by atoms with Crippen LogP contribution in [0.3, 0.4) is 0 Å². The number of rotatable bonds is 3. The molecule has 0 aromatic heterocycles. The van der Waals surface area contributed by atoms with Crippen LogP contribution in [0, 0.1) is 0 Å². The van der Waals surface area contributed by atoms with Crippen molar-refractivity contribution >= 4 is 5.69 Å². The van der Waals surface area contributed by atoms with E-state index in [2.05, 4.69) is 0 Å². The van der Waals surface area contributed by atoms with E-state index in [-0.39, 0.29) is 19.3 Å². The van der Waals surface area contributed by atoms with E-state index in [1.54, 1.807) is 0 Å². The molecule has 20 heavy (non-hydrogen) atoms. The van der Waals surface area contributed by atoms with Crippen molar-refractivity contribution < 1.29 is 23.0 Å². The minimum absolute atomic E-state index is 0.0282. The summed E-state index contributed by atoms with van der Waals surface area (Å²) in [6, 6.07) is 3.57. The molecular weight excluding hydrogens is 273 g/mol. The maximum absolute atomic E-state index is 12.7. The number of ether oxygens (including phenoxy) is 1. The van der Waals surface area contributed by atoms with Crippen molar-refractivity contribution in [1.29, 1.82) is 0 Å². The maximum atomic E-state index is 12.7. The molecule has 112 valence electrons. The Morgan fingerprint density at radius 3 is 2.75 bits per heavy atom. The molecule has 7 heteroatoms. The average molecular weight is 290 g/mol. The predicted molar refractivity (Wildman–Crippen MR) is 68.4 cm³/mol. The van der Waals surface area contributed by atoms with Gasteiger partial charge in [0, 0.05) is 25.3 Å². The van der Waals surface area contributed by atoms with Crippen LogP contribution < -0.4 is 10.6 Å². The number of hydrogen-bond acceptors (Lipinski definition) is 4. The van der Waals surface area contributed by atoms with Gasteiger partial charge in [-0.2, -0.15) is 13.2 Å². The van der Waals surface area contributed by atoms with Crippen LogP contribution in [0.25, 0.3) is 0 Å². The van der Waals surface area contributed by atoms with Crippen LogP contribution in [0.4, 0.5) is 18.9 Å². The number of anilines is 1. The maximum Gasteiger partial charge on any atom is 0.416 e. The SMILES string of the molecule is NCc1cc(C(F)(F)F)ccc1N1CCOC(CO)C1. The van der Waals surface area contributed by atoms with E-state index in [1.807, 2.05) is 4.90 Å². The number of alkyl halides is 3. The highest BCUT2D eigenvalue weighted by Gasteiger charge is 2.31. The van der Waals surface area contributed by atoms with E-state index in [0.717, 1.165) is 12.1 Å². The lowest BCUT2D eigenvalue weighted by atomic mass is 10.1. The van der Waals surface area contributed by atoms with Crippen LogP contribution >= 0.6 is 0 Å². The normalized spacial score (nSPS) is 20.2. The summed E-state index contributed by atoms with van der Waals surface area (Å²) < 4.78 is 43.4. The predicted octanol–water partition coefficient (Wildman–Crippen LogP) is 1.36. The highest BCUT2D eigenvalue weighted by Crippen LogP contribution is 2.33. The highest BCUT2D eigenvalue weighted by molar-refractivity contribution is 5.56. The molecule has 1 saturated heterocycles. The van der Waals surface area contributed by atoms with Crippen molar-refractivity contribution in [3.63, 3.8) is 0 Å². The van der Waals surface area contributed by atoms with Crippen molar-refractivity contribution in [3.05, 3.63) is 29.3 Å². The van der Waals surface area contributed by atoms with Crippen LogP contribution in [-0.4, -0.2) is 37.5 Å². The smallest absolute Gasteiger partial charge is 0.394 e. The van der Waals surface area contributed by atoms with Crippen molar-refractivity contribution in [2.75, 3.05) is 31.2 Å². The van der Waals surface area contributed by atoms with Gasteiger partial charge in [-0.25, -0.2) is 0 Å². The molecule has 1 aliphatic heterocycles. The zero-order valence-corrected chi connectivity index (χ0v) is 10.9. The number of aliphatic hydroxyl groups excluding tert-OH is 1. The molecule has 0 spiro atoms. The van der Waals surface area contributed by atoms with Crippen molar-refractivity contribution in [3.8, 4) is 0 Å². The summed E-state index contributed by atoms with van der Waals surface area (Å²) in [5.74, 6) is 0. The Morgan fingerprint density at radius 1 is 1.40 bits per heavy atom. The first-order valence-electron chi connectivity index (χ1n) is 6.33. The Bertz CT molecular complexity index is 465. The van der Waals surface area contributed by atoms with Gasteiger partial charge in [-0.1, -0.05) is 0 Å². The summed E-state index contributed by atoms with van der Waals surface area (Å²) in [5.41, 5.74) is 5.97. The first kappa shape index (κ1) is 15.1. The number of aliphatic hydroxyl groups is 1. The third-order valence-corrected chi connectivity index (χ3v) is 3.31. The van der Waals surface area contributed by atoms with E-state index in [9.17, 15) is 13.2 Å². The summed E-state index contributed by atoms with van der Waals surface area (Å²) in [4.78, 5) is 1.90. The summed E-state index contributed by atoms with van der Waals surface area (Å²) in [6.45, 7) is 1.34. The Kier molecular flexibility index (Phi) is 4.52. The van der Waals surface area contributed by atoms with Gasteiger partial charge in [-0.05, 0) is 23.8 Å². The van der Waals surface area contributed by atoms with Gasteiger partial charge < -0.3 is 20.5 Å². The van der Waals surface area contributed by atoms with Gasteiger partial charge in [0.05, 0.1) is 24.9 Å². The van der Waals surface area contributed by atoms with E-state index in [0.29, 0.717) is 30.9 Å². The van der Waals surface area contributed by atoms with Gasteiger partial charge in [-0.15, -0.1) is 0 Å². The van der Waals surface area contributed by atoms with E-state index < -0.39 is 11.7 Å². The third-order valence-electron chi connectivity index (χ3n) is 3.31. The Morgan fingerprint density at radius 2 is 2.15 bits per heavy atom. The first-order chi connectivity index (χ1) is 9.45. The average Bonchev–Trinajstić information content (AvgIpc) is 2.45. The summed E-state index contributed by atoms with van der Waals surface area (Å²) in [6.07, 6.45) is -4.70. The molecular formula is C13H17F3N2O2. The molecule has 0 bridgehead atoms. The number of halogens is 3. The molecule has 1 unspecified atom stereocenters. The summed E-state index contributed by atoms with van der Waals surface area (Å²) in [7, 11) is 0. The van der Waals surface area contributed by atoms with Crippen LogP contribution in [-0.2, 0) is 17.5 Å². The number of nitrogens with zero attached hydrogens (tertiary/aromatic N) is 1. The number of benzene rings is 1. The molecule has 1 aromatic rings. The second kappa shape index (κ2) is 5.99. The van der Waals surface area contributed by atoms with E-state index >= 15 is 0 Å². The molecule has 1 aliphatic rings. The lowest BCUT2D eigenvalue weighted by Gasteiger charge is -2.35. The van der Waals surface area contributed by atoms with Gasteiger partial charge in [0.1, 0.15) is 0 Å². The fourth-order valence-electron chi connectivity index (χ4n) is 2.28. The second-order valence-corrected chi connectivity index (χ2v) is 4.67. The van der Waals surface area contributed by atoms with Gasteiger partial charge >= 0.3 is 6.18 Å². The highest BCUT2D eigenvalue weighted by atomic mass is 19.4. The van der Waals surface area contributed by atoms with Crippen LogP contribution in [0.5, 0.6) is 0 Å². The van der Waals surface area contributed by atoms with Crippen LogP contribution in [0.15, 0.2) is 18.2 Å². The molecule has 0 saturated carbocycles. The van der Waals surface area contributed by atoms with Crippen LogP contribution in [0.1, 0.15) is 11.1 Å². The quantitative estimate of drug-likeness (QED) is 0.882. The van der Waals surface area contributed by atoms with Crippen LogP contribution in [0.2, 0.25) is 0 Å². The first-order valence-corrected chi connectivity index (χ1v) is 6.33. The van der Waals surface area contributed by atoms with Crippen molar-refractivity contribution in [2.45, 2.75) is 18.8 Å². The standard InChI is InChI=1S/C13H17F3N2O2/c14-13(15,16)10-1-2-12(9(5-10)6-17)18-3-4-20-11(7-18)8-19/h1-2,5,11,19H,3-4,6-8,17H2. The number of morpholine rings is 1. The Labute approximate surface area is 114 Å². The van der Waals surface area contributed by atoms with Gasteiger partial charge in [0.25, 0.3) is 0 Å². The molecule has 0 aliphatic carbocycles. The van der Waals surface area contributed by atoms with Gasteiger partial charge in [-0.3, -0.25) is 0 Å². The molecule has 0 radical (unpaired) electrons. The number of nitrogens with two attached hydrogens (primary N) is 1.